The maximum Gasteiger partial charge on any atom is 0.234 e. The van der Waals surface area contributed by atoms with Crippen LogP contribution < -0.4 is 5.73 Å². The number of carbonyl (C=O) groups excluding carboxylic acids is 2. The number of nitrogens with two attached hydrogens (primary N) is 1. The number of nitrogens with zero attached hydrogens (tertiary/aromatic N) is 1. The molecule has 1 aliphatic heterocycles. The monoisotopic (exact) mass is 156 g/mol. The zero-order chi connectivity index (χ0) is 8.43. The summed E-state index contributed by atoms with van der Waals surface area (Å²) in [4.78, 5) is 22.8. The minimum absolute atomic E-state index is 0.179. The van der Waals surface area contributed by atoms with Crippen molar-refractivity contribution in [2.24, 2.45) is 5.73 Å². The Morgan fingerprint density at radius 3 is 2.73 bits per heavy atom. The first kappa shape index (κ1) is 8.20. The Hall–Kier alpha value is -0.900. The highest BCUT2D eigenvalue weighted by Crippen LogP contribution is 2.18. The standard InChI is InChI=1S/C7H12N2O2/c1-5(4-10)9-3-2-6(9)7(8)11/h4-6H,2-3H2,1H3,(H2,8,11). The van der Waals surface area contributed by atoms with Gasteiger partial charge in [0.25, 0.3) is 0 Å². The van der Waals surface area contributed by atoms with Crippen molar-refractivity contribution in [2.75, 3.05) is 6.54 Å². The van der Waals surface area contributed by atoms with Crippen LogP contribution in [0.2, 0.25) is 0 Å². The number of aldehydes is 1. The lowest BCUT2D eigenvalue weighted by Crippen LogP contribution is -2.58. The molecule has 2 atom stereocenters. The molecule has 4 heteroatoms. The van der Waals surface area contributed by atoms with Gasteiger partial charge in [0, 0.05) is 6.54 Å². The molecule has 2 unspecified atom stereocenters. The van der Waals surface area contributed by atoms with Crippen LogP contribution in [0.4, 0.5) is 0 Å². The Bertz CT molecular complexity index is 181. The molecule has 1 aliphatic rings. The van der Waals surface area contributed by atoms with Crippen LogP contribution in [0.25, 0.3) is 0 Å². The molecule has 0 aromatic carbocycles. The third-order valence-electron chi connectivity index (χ3n) is 2.11. The highest BCUT2D eigenvalue weighted by molar-refractivity contribution is 5.81. The normalized spacial score (nSPS) is 27.2. The Morgan fingerprint density at radius 1 is 1.82 bits per heavy atom. The first-order valence-corrected chi connectivity index (χ1v) is 3.67. The van der Waals surface area contributed by atoms with E-state index >= 15 is 0 Å². The Balaban J connectivity index is 2.48. The van der Waals surface area contributed by atoms with Gasteiger partial charge in [-0.15, -0.1) is 0 Å². The van der Waals surface area contributed by atoms with Crippen molar-refractivity contribution in [2.45, 2.75) is 25.4 Å². The molecule has 0 aromatic rings. The third kappa shape index (κ3) is 1.40. The SMILES string of the molecule is CC(C=O)N1CCC1C(N)=O. The van der Waals surface area contributed by atoms with Crippen LogP contribution in [0.1, 0.15) is 13.3 Å². The molecule has 0 radical (unpaired) electrons. The van der Waals surface area contributed by atoms with Crippen molar-refractivity contribution in [3.63, 3.8) is 0 Å². The van der Waals surface area contributed by atoms with Crippen molar-refractivity contribution in [1.82, 2.24) is 4.90 Å². The number of hydrogen-bond acceptors (Lipinski definition) is 3. The van der Waals surface area contributed by atoms with Gasteiger partial charge < -0.3 is 10.5 Å². The molecule has 1 fully saturated rings. The molecule has 2 N–H and O–H groups in total. The second-order valence-electron chi connectivity index (χ2n) is 2.82. The van der Waals surface area contributed by atoms with E-state index in [1.807, 2.05) is 0 Å². The van der Waals surface area contributed by atoms with Gasteiger partial charge in [0.2, 0.25) is 5.91 Å². The van der Waals surface area contributed by atoms with Gasteiger partial charge in [0.05, 0.1) is 12.1 Å². The average Bonchev–Trinajstić information content (AvgIpc) is 1.83. The van der Waals surface area contributed by atoms with Crippen LogP contribution >= 0.6 is 0 Å². The molecule has 1 heterocycles. The quantitative estimate of drug-likeness (QED) is 0.540. The van der Waals surface area contributed by atoms with Crippen LogP contribution in [0.5, 0.6) is 0 Å². The lowest BCUT2D eigenvalue weighted by atomic mass is 10.0. The van der Waals surface area contributed by atoms with Crippen molar-refractivity contribution in [3.8, 4) is 0 Å². The van der Waals surface area contributed by atoms with Gasteiger partial charge in [0.15, 0.2) is 0 Å². The second-order valence-corrected chi connectivity index (χ2v) is 2.82. The number of carbonyl (C=O) groups is 2. The second kappa shape index (κ2) is 3.00. The highest BCUT2D eigenvalue weighted by Gasteiger charge is 2.35. The van der Waals surface area contributed by atoms with E-state index in [4.69, 9.17) is 5.73 Å². The smallest absolute Gasteiger partial charge is 0.234 e. The van der Waals surface area contributed by atoms with Crippen LogP contribution in [0, 0.1) is 0 Å². The minimum Gasteiger partial charge on any atom is -0.368 e. The van der Waals surface area contributed by atoms with Crippen LogP contribution in [-0.2, 0) is 9.59 Å². The minimum atomic E-state index is -0.329. The van der Waals surface area contributed by atoms with Crippen molar-refractivity contribution in [3.05, 3.63) is 0 Å². The molecule has 0 aromatic heterocycles. The van der Waals surface area contributed by atoms with Gasteiger partial charge in [-0.25, -0.2) is 0 Å². The topological polar surface area (TPSA) is 63.4 Å². The lowest BCUT2D eigenvalue weighted by molar-refractivity contribution is -0.131. The summed E-state index contributed by atoms with van der Waals surface area (Å²) in [6.45, 7) is 2.57. The van der Waals surface area contributed by atoms with Crippen molar-refractivity contribution < 1.29 is 9.59 Å². The van der Waals surface area contributed by atoms with E-state index in [1.54, 1.807) is 11.8 Å². The predicted molar refractivity (Wildman–Crippen MR) is 39.8 cm³/mol. The molecule has 62 valence electrons. The van der Waals surface area contributed by atoms with Gasteiger partial charge in [-0.2, -0.15) is 0 Å². The molecular weight excluding hydrogens is 144 g/mol. The van der Waals surface area contributed by atoms with Crippen molar-refractivity contribution >= 4 is 12.2 Å². The summed E-state index contributed by atoms with van der Waals surface area (Å²) in [5.74, 6) is -0.329. The largest absolute Gasteiger partial charge is 0.368 e. The zero-order valence-electron chi connectivity index (χ0n) is 6.49. The summed E-state index contributed by atoms with van der Waals surface area (Å²) < 4.78 is 0. The van der Waals surface area contributed by atoms with E-state index in [9.17, 15) is 9.59 Å². The molecule has 0 saturated carbocycles. The molecular formula is C7H12N2O2. The van der Waals surface area contributed by atoms with Crippen molar-refractivity contribution in [1.29, 1.82) is 0 Å². The summed E-state index contributed by atoms with van der Waals surface area (Å²) >= 11 is 0. The first-order chi connectivity index (χ1) is 5.16. The van der Waals surface area contributed by atoms with E-state index in [0.717, 1.165) is 19.3 Å². The molecule has 1 amide bonds. The highest BCUT2D eigenvalue weighted by atomic mass is 16.1. The van der Waals surface area contributed by atoms with Gasteiger partial charge in [-0.3, -0.25) is 9.69 Å². The summed E-state index contributed by atoms with van der Waals surface area (Å²) in [6.07, 6.45) is 1.61. The van der Waals surface area contributed by atoms with Gasteiger partial charge >= 0.3 is 0 Å². The molecule has 1 rings (SSSR count). The summed E-state index contributed by atoms with van der Waals surface area (Å²) in [7, 11) is 0. The van der Waals surface area contributed by atoms with Crippen LogP contribution in [-0.4, -0.2) is 35.7 Å². The first-order valence-electron chi connectivity index (χ1n) is 3.67. The molecule has 11 heavy (non-hydrogen) atoms. The van der Waals surface area contributed by atoms with E-state index in [2.05, 4.69) is 0 Å². The summed E-state index contributed by atoms with van der Waals surface area (Å²) in [5.41, 5.74) is 5.08. The number of likely N-dealkylation sites (tertiary alicyclic amines) is 1. The van der Waals surface area contributed by atoms with Crippen LogP contribution in [0.3, 0.4) is 0 Å². The average molecular weight is 156 g/mol. The molecule has 4 nitrogen and oxygen atoms in total. The fourth-order valence-electron chi connectivity index (χ4n) is 1.28. The fraction of sp³-hybridized carbons (Fsp3) is 0.714. The van der Waals surface area contributed by atoms with Gasteiger partial charge in [-0.05, 0) is 13.3 Å². The number of amides is 1. The van der Waals surface area contributed by atoms with E-state index in [1.165, 1.54) is 0 Å². The number of hydrogen-bond donors (Lipinski definition) is 1. The van der Waals surface area contributed by atoms with Gasteiger partial charge in [0.1, 0.15) is 6.29 Å². The van der Waals surface area contributed by atoms with E-state index in [0.29, 0.717) is 0 Å². The van der Waals surface area contributed by atoms with Crippen LogP contribution in [0.15, 0.2) is 0 Å². The molecule has 0 bridgehead atoms. The van der Waals surface area contributed by atoms with E-state index < -0.39 is 0 Å². The maximum atomic E-state index is 10.7. The molecule has 0 aliphatic carbocycles. The van der Waals surface area contributed by atoms with E-state index in [-0.39, 0.29) is 18.0 Å². The summed E-state index contributed by atoms with van der Waals surface area (Å²) in [6, 6.07) is -0.392. The Morgan fingerprint density at radius 2 is 2.45 bits per heavy atom. The zero-order valence-corrected chi connectivity index (χ0v) is 6.49. The fourth-order valence-corrected chi connectivity index (χ4v) is 1.28. The molecule has 0 spiro atoms. The van der Waals surface area contributed by atoms with Gasteiger partial charge in [-0.1, -0.05) is 0 Å². The summed E-state index contributed by atoms with van der Waals surface area (Å²) in [5, 5.41) is 0. The lowest BCUT2D eigenvalue weighted by Gasteiger charge is -2.40. The number of primary amides is 1. The third-order valence-corrected chi connectivity index (χ3v) is 2.11. The maximum absolute atomic E-state index is 10.7. The number of rotatable bonds is 3. The predicted octanol–water partition coefficient (Wildman–Crippen LogP) is -0.867. The Kier molecular flexibility index (Phi) is 2.24. The Labute approximate surface area is 65.3 Å². The molecule has 1 saturated heterocycles.